The zero-order valence-electron chi connectivity index (χ0n) is 12.7. The van der Waals surface area contributed by atoms with Crippen LogP contribution in [0, 0.1) is 0 Å². The molecule has 2 rings (SSSR count). The number of hydrogen-bond acceptors (Lipinski definition) is 4. The molecular formula is C15H27N3O2S. The lowest BCUT2D eigenvalue weighted by Gasteiger charge is -2.26. The molecule has 0 spiro atoms. The van der Waals surface area contributed by atoms with Crippen LogP contribution in [-0.2, 0) is 9.59 Å². The van der Waals surface area contributed by atoms with E-state index in [1.54, 1.807) is 11.8 Å². The molecule has 2 amide bonds. The summed E-state index contributed by atoms with van der Waals surface area (Å²) in [6.07, 6.45) is 6.19. The number of hydrogen-bond donors (Lipinski definition) is 2. The van der Waals surface area contributed by atoms with E-state index >= 15 is 0 Å². The lowest BCUT2D eigenvalue weighted by molar-refractivity contribution is -0.132. The molecule has 0 saturated carbocycles. The van der Waals surface area contributed by atoms with Crippen molar-refractivity contribution in [2.75, 3.05) is 38.5 Å². The van der Waals surface area contributed by atoms with E-state index in [2.05, 4.69) is 10.6 Å². The number of nitrogens with zero attached hydrogens (tertiary/aromatic N) is 1. The van der Waals surface area contributed by atoms with Crippen LogP contribution >= 0.6 is 11.8 Å². The Kier molecular flexibility index (Phi) is 7.36. The number of thioether (sulfide) groups is 1. The molecule has 6 heteroatoms. The SMILES string of the molecule is O=C(CSC1CCNCC1)NCCC(=O)N1CCCCC1. The highest BCUT2D eigenvalue weighted by Gasteiger charge is 2.17. The van der Waals surface area contributed by atoms with E-state index in [0.29, 0.717) is 24.0 Å². The third-order valence-corrected chi connectivity index (χ3v) is 5.48. The van der Waals surface area contributed by atoms with Gasteiger partial charge < -0.3 is 15.5 Å². The molecule has 5 nitrogen and oxygen atoms in total. The van der Waals surface area contributed by atoms with Crippen LogP contribution in [0.4, 0.5) is 0 Å². The molecule has 21 heavy (non-hydrogen) atoms. The van der Waals surface area contributed by atoms with Crippen molar-refractivity contribution >= 4 is 23.6 Å². The summed E-state index contributed by atoms with van der Waals surface area (Å²) in [4.78, 5) is 25.6. The monoisotopic (exact) mass is 313 g/mol. The summed E-state index contributed by atoms with van der Waals surface area (Å²) in [5, 5.41) is 6.80. The van der Waals surface area contributed by atoms with Crippen LogP contribution in [0.2, 0.25) is 0 Å². The highest BCUT2D eigenvalue weighted by Crippen LogP contribution is 2.19. The fourth-order valence-electron chi connectivity index (χ4n) is 2.82. The Bertz CT molecular complexity index is 340. The average Bonchev–Trinajstić information content (AvgIpc) is 2.54. The Morgan fingerprint density at radius 2 is 1.86 bits per heavy atom. The minimum absolute atomic E-state index is 0.0602. The molecular weight excluding hydrogens is 286 g/mol. The quantitative estimate of drug-likeness (QED) is 0.768. The normalized spacial score (nSPS) is 20.3. The first kappa shape index (κ1) is 16.6. The van der Waals surface area contributed by atoms with Gasteiger partial charge in [0.15, 0.2) is 0 Å². The van der Waals surface area contributed by atoms with Crippen LogP contribution in [0.1, 0.15) is 38.5 Å². The standard InChI is InChI=1S/C15H27N3O2S/c19-14(12-21-13-4-7-16-8-5-13)17-9-6-15(20)18-10-2-1-3-11-18/h13,16H,1-12H2,(H,17,19). The van der Waals surface area contributed by atoms with Crippen molar-refractivity contribution in [1.29, 1.82) is 0 Å². The largest absolute Gasteiger partial charge is 0.355 e. The minimum atomic E-state index is 0.0602. The van der Waals surface area contributed by atoms with E-state index in [1.165, 1.54) is 6.42 Å². The highest BCUT2D eigenvalue weighted by atomic mass is 32.2. The maximum absolute atomic E-state index is 11.9. The molecule has 2 aliphatic heterocycles. The summed E-state index contributed by atoms with van der Waals surface area (Å²) in [5.74, 6) is 0.758. The molecule has 0 aliphatic carbocycles. The van der Waals surface area contributed by atoms with Crippen LogP contribution in [0.15, 0.2) is 0 Å². The summed E-state index contributed by atoms with van der Waals surface area (Å²) < 4.78 is 0. The maximum atomic E-state index is 11.9. The van der Waals surface area contributed by atoms with Crippen LogP contribution in [0.3, 0.4) is 0 Å². The van der Waals surface area contributed by atoms with Crippen LogP contribution < -0.4 is 10.6 Å². The predicted molar refractivity (Wildman–Crippen MR) is 86.4 cm³/mol. The second kappa shape index (κ2) is 9.30. The van der Waals surface area contributed by atoms with Crippen molar-refractivity contribution in [2.24, 2.45) is 0 Å². The fraction of sp³-hybridized carbons (Fsp3) is 0.867. The van der Waals surface area contributed by atoms with Crippen molar-refractivity contribution in [1.82, 2.24) is 15.5 Å². The Morgan fingerprint density at radius 3 is 2.57 bits per heavy atom. The summed E-state index contributed by atoms with van der Waals surface area (Å²) in [7, 11) is 0. The lowest BCUT2D eigenvalue weighted by Crippen LogP contribution is -2.38. The molecule has 0 bridgehead atoms. The molecule has 0 atom stereocenters. The summed E-state index contributed by atoms with van der Waals surface area (Å²) >= 11 is 1.74. The smallest absolute Gasteiger partial charge is 0.230 e. The first-order valence-corrected chi connectivity index (χ1v) is 9.17. The molecule has 2 fully saturated rings. The van der Waals surface area contributed by atoms with Crippen molar-refractivity contribution in [3.05, 3.63) is 0 Å². The van der Waals surface area contributed by atoms with E-state index in [4.69, 9.17) is 0 Å². The van der Waals surface area contributed by atoms with E-state index in [-0.39, 0.29) is 11.8 Å². The molecule has 0 radical (unpaired) electrons. The van der Waals surface area contributed by atoms with E-state index in [9.17, 15) is 9.59 Å². The predicted octanol–water partition coefficient (Wildman–Crippen LogP) is 0.990. The summed E-state index contributed by atoms with van der Waals surface area (Å²) in [6, 6.07) is 0. The van der Waals surface area contributed by atoms with Gasteiger partial charge in [0.05, 0.1) is 5.75 Å². The Balaban J connectivity index is 1.52. The second-order valence-corrected chi connectivity index (χ2v) is 7.09. The van der Waals surface area contributed by atoms with Gasteiger partial charge in [-0.05, 0) is 45.2 Å². The minimum Gasteiger partial charge on any atom is -0.355 e. The van der Waals surface area contributed by atoms with Gasteiger partial charge >= 0.3 is 0 Å². The van der Waals surface area contributed by atoms with E-state index in [1.807, 2.05) is 4.90 Å². The zero-order chi connectivity index (χ0) is 14.9. The van der Waals surface area contributed by atoms with Gasteiger partial charge in [0.2, 0.25) is 11.8 Å². The third-order valence-electron chi connectivity index (χ3n) is 4.11. The Labute approximate surface area is 131 Å². The van der Waals surface area contributed by atoms with Gasteiger partial charge in [-0.3, -0.25) is 9.59 Å². The van der Waals surface area contributed by atoms with Crippen molar-refractivity contribution in [3.63, 3.8) is 0 Å². The van der Waals surface area contributed by atoms with Gasteiger partial charge in [-0.25, -0.2) is 0 Å². The second-order valence-electron chi connectivity index (χ2n) is 5.80. The Hall–Kier alpha value is -0.750. The summed E-state index contributed by atoms with van der Waals surface area (Å²) in [5.41, 5.74) is 0. The number of carbonyl (C=O) groups is 2. The molecule has 0 aromatic rings. The van der Waals surface area contributed by atoms with Gasteiger partial charge in [0.1, 0.15) is 0 Å². The van der Waals surface area contributed by atoms with Crippen molar-refractivity contribution in [3.8, 4) is 0 Å². The number of nitrogens with one attached hydrogen (secondary N) is 2. The Morgan fingerprint density at radius 1 is 1.14 bits per heavy atom. The topological polar surface area (TPSA) is 61.4 Å². The van der Waals surface area contributed by atoms with Gasteiger partial charge in [0.25, 0.3) is 0 Å². The fourth-order valence-corrected chi connectivity index (χ4v) is 3.88. The molecule has 0 aromatic carbocycles. The number of likely N-dealkylation sites (tertiary alicyclic amines) is 1. The van der Waals surface area contributed by atoms with Crippen LogP contribution in [0.5, 0.6) is 0 Å². The third kappa shape index (κ3) is 6.26. The van der Waals surface area contributed by atoms with Gasteiger partial charge in [-0.1, -0.05) is 0 Å². The molecule has 0 unspecified atom stereocenters. The lowest BCUT2D eigenvalue weighted by atomic mass is 10.1. The average molecular weight is 313 g/mol. The van der Waals surface area contributed by atoms with Crippen LogP contribution in [-0.4, -0.2) is 60.4 Å². The van der Waals surface area contributed by atoms with E-state index < -0.39 is 0 Å². The van der Waals surface area contributed by atoms with Crippen LogP contribution in [0.25, 0.3) is 0 Å². The maximum Gasteiger partial charge on any atom is 0.230 e. The molecule has 0 aromatic heterocycles. The first-order valence-electron chi connectivity index (χ1n) is 8.12. The zero-order valence-corrected chi connectivity index (χ0v) is 13.6. The van der Waals surface area contributed by atoms with Crippen molar-refractivity contribution in [2.45, 2.75) is 43.8 Å². The number of amides is 2. The highest BCUT2D eigenvalue weighted by molar-refractivity contribution is 8.00. The van der Waals surface area contributed by atoms with Gasteiger partial charge in [0, 0.05) is 31.3 Å². The number of rotatable bonds is 6. The molecule has 2 N–H and O–H groups in total. The summed E-state index contributed by atoms with van der Waals surface area (Å²) in [6.45, 7) is 4.37. The van der Waals surface area contributed by atoms with E-state index in [0.717, 1.165) is 51.9 Å². The molecule has 2 saturated heterocycles. The van der Waals surface area contributed by atoms with Gasteiger partial charge in [-0.15, -0.1) is 11.8 Å². The molecule has 120 valence electrons. The van der Waals surface area contributed by atoms with Crippen molar-refractivity contribution < 1.29 is 9.59 Å². The number of carbonyl (C=O) groups excluding carboxylic acids is 2. The molecule has 2 aliphatic rings. The number of piperidine rings is 2. The molecule has 2 heterocycles. The van der Waals surface area contributed by atoms with Gasteiger partial charge in [-0.2, -0.15) is 0 Å². The first-order chi connectivity index (χ1) is 10.3.